The number of carbonyl (C=O) groups is 2. The Balaban J connectivity index is 1.63. The first kappa shape index (κ1) is 22.3. The van der Waals surface area contributed by atoms with Crippen LogP contribution < -0.4 is 5.32 Å². The van der Waals surface area contributed by atoms with Gasteiger partial charge in [-0.1, -0.05) is 42.5 Å². The molecular formula is C25H35N3O2. The van der Waals surface area contributed by atoms with Crippen LogP contribution in [0.3, 0.4) is 0 Å². The Hall–Kier alpha value is -2.40. The summed E-state index contributed by atoms with van der Waals surface area (Å²) in [5.74, 6) is 0.0536. The molecule has 0 unspecified atom stereocenters. The Morgan fingerprint density at radius 3 is 2.60 bits per heavy atom. The van der Waals surface area contributed by atoms with Crippen molar-refractivity contribution in [1.29, 1.82) is 0 Å². The maximum absolute atomic E-state index is 13.3. The van der Waals surface area contributed by atoms with Crippen molar-refractivity contribution < 1.29 is 9.59 Å². The van der Waals surface area contributed by atoms with Crippen molar-refractivity contribution in [3.63, 3.8) is 0 Å². The molecule has 5 nitrogen and oxygen atoms in total. The summed E-state index contributed by atoms with van der Waals surface area (Å²) in [4.78, 5) is 30.2. The fourth-order valence-corrected chi connectivity index (χ4v) is 5.03. The molecule has 2 aliphatic heterocycles. The van der Waals surface area contributed by atoms with Crippen LogP contribution in [0.2, 0.25) is 0 Å². The molecule has 3 rings (SSSR count). The fraction of sp³-hybridized carbons (Fsp3) is 0.520. The molecular weight excluding hydrogens is 374 g/mol. The molecule has 0 spiro atoms. The lowest BCUT2D eigenvalue weighted by molar-refractivity contribution is -0.141. The van der Waals surface area contributed by atoms with E-state index in [1.807, 2.05) is 23.1 Å². The van der Waals surface area contributed by atoms with Crippen LogP contribution in [0, 0.1) is 0 Å². The number of likely N-dealkylation sites (tertiary alicyclic amines) is 1. The van der Waals surface area contributed by atoms with E-state index < -0.39 is 0 Å². The van der Waals surface area contributed by atoms with Crippen LogP contribution in [0.15, 0.2) is 55.6 Å². The molecule has 30 heavy (non-hydrogen) atoms. The first-order chi connectivity index (χ1) is 14.6. The molecule has 0 saturated carbocycles. The highest BCUT2D eigenvalue weighted by atomic mass is 16.2. The van der Waals surface area contributed by atoms with E-state index in [1.54, 1.807) is 0 Å². The minimum atomic E-state index is -0.382. The number of nitrogens with zero attached hydrogens (tertiary/aromatic N) is 2. The van der Waals surface area contributed by atoms with Gasteiger partial charge in [0.05, 0.1) is 12.5 Å². The number of amides is 2. The van der Waals surface area contributed by atoms with Gasteiger partial charge in [0.2, 0.25) is 11.8 Å². The molecule has 2 heterocycles. The zero-order valence-electron chi connectivity index (χ0n) is 18.0. The molecule has 2 saturated heterocycles. The van der Waals surface area contributed by atoms with Gasteiger partial charge in [-0.2, -0.15) is 0 Å². The molecule has 0 aliphatic carbocycles. The number of hydrogen-bond donors (Lipinski definition) is 1. The molecule has 2 amide bonds. The van der Waals surface area contributed by atoms with E-state index in [-0.39, 0.29) is 29.8 Å². The van der Waals surface area contributed by atoms with Crippen molar-refractivity contribution in [2.24, 2.45) is 0 Å². The monoisotopic (exact) mass is 409 g/mol. The number of rotatable bonds is 10. The molecule has 162 valence electrons. The van der Waals surface area contributed by atoms with Gasteiger partial charge in [0, 0.05) is 25.2 Å². The molecule has 0 aromatic heterocycles. The van der Waals surface area contributed by atoms with E-state index in [9.17, 15) is 9.59 Å². The third kappa shape index (κ3) is 5.20. The van der Waals surface area contributed by atoms with Gasteiger partial charge in [-0.15, -0.1) is 13.2 Å². The average molecular weight is 410 g/mol. The van der Waals surface area contributed by atoms with Crippen molar-refractivity contribution in [2.45, 2.75) is 56.5 Å². The third-order valence-electron chi connectivity index (χ3n) is 6.51. The van der Waals surface area contributed by atoms with Gasteiger partial charge >= 0.3 is 0 Å². The molecule has 0 radical (unpaired) electrons. The number of hydrogen-bond acceptors (Lipinski definition) is 3. The highest BCUT2D eigenvalue weighted by molar-refractivity contribution is 5.89. The number of carbonyl (C=O) groups excluding carboxylic acids is 2. The van der Waals surface area contributed by atoms with Crippen LogP contribution in [0.4, 0.5) is 0 Å². The minimum Gasteiger partial charge on any atom is -0.353 e. The Kier molecular flexibility index (Phi) is 7.86. The van der Waals surface area contributed by atoms with Crippen LogP contribution in [-0.2, 0) is 16.0 Å². The predicted octanol–water partition coefficient (Wildman–Crippen LogP) is 3.32. The van der Waals surface area contributed by atoms with E-state index in [1.165, 1.54) is 5.56 Å². The van der Waals surface area contributed by atoms with Gasteiger partial charge in [0.25, 0.3) is 0 Å². The molecule has 0 bridgehead atoms. The smallest absolute Gasteiger partial charge is 0.237 e. The second-order valence-corrected chi connectivity index (χ2v) is 8.49. The van der Waals surface area contributed by atoms with Crippen molar-refractivity contribution in [2.75, 3.05) is 26.2 Å². The summed E-state index contributed by atoms with van der Waals surface area (Å²) >= 11 is 0. The zero-order valence-corrected chi connectivity index (χ0v) is 18.0. The van der Waals surface area contributed by atoms with Crippen molar-refractivity contribution in [1.82, 2.24) is 15.1 Å². The predicted molar refractivity (Wildman–Crippen MR) is 121 cm³/mol. The lowest BCUT2D eigenvalue weighted by atomic mass is 9.87. The molecule has 1 atom stereocenters. The van der Waals surface area contributed by atoms with E-state index >= 15 is 0 Å². The normalized spacial score (nSPS) is 21.3. The number of nitrogens with one attached hydrogen (secondary N) is 1. The SMILES string of the molecule is C=CCC1(CC=C)CCCN1C(=O)C[C@H]1C(=O)NCCN1CCCc1ccccc1. The first-order valence-corrected chi connectivity index (χ1v) is 11.2. The quantitative estimate of drug-likeness (QED) is 0.603. The lowest BCUT2D eigenvalue weighted by Gasteiger charge is -2.40. The van der Waals surface area contributed by atoms with E-state index in [0.29, 0.717) is 6.54 Å². The van der Waals surface area contributed by atoms with E-state index in [0.717, 1.165) is 58.2 Å². The standard InChI is InChI=1S/C25H35N3O2/c1-3-13-25(14-4-2)15-9-18-28(25)23(29)20-22-24(30)26-16-19-27(22)17-8-12-21-10-6-5-7-11-21/h3-7,10-11,22H,1-2,8-9,12-20H2,(H,26,30)/t22-/m0/s1. The Labute approximate surface area is 180 Å². The zero-order chi connectivity index (χ0) is 21.4. The van der Waals surface area contributed by atoms with Crippen LogP contribution in [0.1, 0.15) is 44.1 Å². The molecule has 2 aliphatic rings. The topological polar surface area (TPSA) is 52.7 Å². The summed E-state index contributed by atoms with van der Waals surface area (Å²) in [5.41, 5.74) is 1.09. The Morgan fingerprint density at radius 2 is 1.90 bits per heavy atom. The number of benzene rings is 1. The van der Waals surface area contributed by atoms with Gasteiger partial charge in [-0.3, -0.25) is 14.5 Å². The van der Waals surface area contributed by atoms with Crippen molar-refractivity contribution >= 4 is 11.8 Å². The molecule has 1 aromatic rings. The second-order valence-electron chi connectivity index (χ2n) is 8.49. The van der Waals surface area contributed by atoms with Crippen LogP contribution >= 0.6 is 0 Å². The highest BCUT2D eigenvalue weighted by Gasteiger charge is 2.43. The lowest BCUT2D eigenvalue weighted by Crippen LogP contribution is -2.57. The minimum absolute atomic E-state index is 0.0217. The summed E-state index contributed by atoms with van der Waals surface area (Å²) in [7, 11) is 0. The Bertz CT molecular complexity index is 736. The molecule has 5 heteroatoms. The van der Waals surface area contributed by atoms with Gasteiger partial charge in [-0.25, -0.2) is 0 Å². The van der Waals surface area contributed by atoms with Crippen molar-refractivity contribution in [3.8, 4) is 0 Å². The van der Waals surface area contributed by atoms with Gasteiger partial charge in [0.15, 0.2) is 0 Å². The second kappa shape index (κ2) is 10.6. The fourth-order valence-electron chi connectivity index (χ4n) is 5.03. The summed E-state index contributed by atoms with van der Waals surface area (Å²) in [5, 5.41) is 2.95. The van der Waals surface area contributed by atoms with Crippen molar-refractivity contribution in [3.05, 3.63) is 61.2 Å². The molecule has 1 aromatic carbocycles. The maximum atomic E-state index is 13.3. The van der Waals surface area contributed by atoms with E-state index in [4.69, 9.17) is 0 Å². The van der Waals surface area contributed by atoms with Crippen LogP contribution in [0.5, 0.6) is 0 Å². The highest BCUT2D eigenvalue weighted by Crippen LogP contribution is 2.37. The largest absolute Gasteiger partial charge is 0.353 e. The summed E-state index contributed by atoms with van der Waals surface area (Å²) in [6.45, 7) is 10.8. The van der Waals surface area contributed by atoms with E-state index in [2.05, 4.69) is 47.6 Å². The maximum Gasteiger partial charge on any atom is 0.237 e. The van der Waals surface area contributed by atoms with Gasteiger partial charge < -0.3 is 10.2 Å². The summed E-state index contributed by atoms with van der Waals surface area (Å²) in [6.07, 6.45) is 9.49. The van der Waals surface area contributed by atoms with Gasteiger partial charge in [0.1, 0.15) is 0 Å². The first-order valence-electron chi connectivity index (χ1n) is 11.2. The molecule has 1 N–H and O–H groups in total. The number of aryl methyl sites for hydroxylation is 1. The van der Waals surface area contributed by atoms with Crippen LogP contribution in [-0.4, -0.2) is 59.4 Å². The van der Waals surface area contributed by atoms with Crippen LogP contribution in [0.25, 0.3) is 0 Å². The Morgan fingerprint density at radius 1 is 1.17 bits per heavy atom. The summed E-state index contributed by atoms with van der Waals surface area (Å²) < 4.78 is 0. The number of piperazine rings is 1. The van der Waals surface area contributed by atoms with Gasteiger partial charge in [-0.05, 0) is 50.6 Å². The summed E-state index contributed by atoms with van der Waals surface area (Å²) in [6, 6.07) is 10.0. The molecule has 2 fully saturated rings. The third-order valence-corrected chi connectivity index (χ3v) is 6.51. The average Bonchev–Trinajstić information content (AvgIpc) is 3.15.